The van der Waals surface area contributed by atoms with Gasteiger partial charge in [-0.1, -0.05) is 48.5 Å². The zero-order valence-corrected chi connectivity index (χ0v) is 15.7. The summed E-state index contributed by atoms with van der Waals surface area (Å²) in [5.74, 6) is -0.446. The van der Waals surface area contributed by atoms with Crippen LogP contribution in [0.3, 0.4) is 0 Å². The predicted molar refractivity (Wildman–Crippen MR) is 103 cm³/mol. The summed E-state index contributed by atoms with van der Waals surface area (Å²) >= 11 is 2.21. The van der Waals surface area contributed by atoms with Crippen molar-refractivity contribution in [2.24, 2.45) is 0 Å². The summed E-state index contributed by atoms with van der Waals surface area (Å²) < 4.78 is 6.55. The monoisotopic (exact) mass is 448 g/mol. The topological polar surface area (TPSA) is 67.4 Å². The lowest BCUT2D eigenvalue weighted by Crippen LogP contribution is -2.45. The van der Waals surface area contributed by atoms with Gasteiger partial charge in [0, 0.05) is 14.8 Å². The normalized spacial score (nSPS) is 16.9. The maximum absolute atomic E-state index is 12.7. The smallest absolute Gasteiger partial charge is 0.338 e. The molecule has 0 saturated carbocycles. The summed E-state index contributed by atoms with van der Waals surface area (Å²) in [6, 6.07) is 16.2. The molecule has 1 aliphatic rings. The molecule has 2 aromatic carbocycles. The molecule has 0 aliphatic carbocycles. The van der Waals surface area contributed by atoms with Gasteiger partial charge in [-0.05, 0) is 41.1 Å². The largest absolute Gasteiger partial charge is 0.457 e. The third kappa shape index (κ3) is 4.01. The molecule has 25 heavy (non-hydrogen) atoms. The lowest BCUT2D eigenvalue weighted by Gasteiger charge is -2.28. The van der Waals surface area contributed by atoms with Crippen molar-refractivity contribution in [2.75, 3.05) is 0 Å². The van der Waals surface area contributed by atoms with E-state index in [0.29, 0.717) is 11.3 Å². The molecule has 1 aliphatic heterocycles. The first kappa shape index (κ1) is 17.5. The van der Waals surface area contributed by atoms with Gasteiger partial charge in [0.1, 0.15) is 6.61 Å². The summed E-state index contributed by atoms with van der Waals surface area (Å²) in [7, 11) is 0. The number of nitrogens with one attached hydrogen (secondary N) is 2. The van der Waals surface area contributed by atoms with E-state index in [1.807, 2.05) is 54.6 Å². The third-order valence-electron chi connectivity index (χ3n) is 3.94. The number of carbonyl (C=O) groups excluding carboxylic acids is 2. The van der Waals surface area contributed by atoms with Crippen LogP contribution in [0.15, 0.2) is 65.9 Å². The van der Waals surface area contributed by atoms with Crippen molar-refractivity contribution in [3.05, 3.63) is 80.6 Å². The molecule has 5 nitrogen and oxygen atoms in total. The second-order valence-corrected chi connectivity index (χ2v) is 6.81. The number of urea groups is 1. The first-order valence-electron chi connectivity index (χ1n) is 7.80. The maximum Gasteiger partial charge on any atom is 0.338 e. The van der Waals surface area contributed by atoms with Gasteiger partial charge < -0.3 is 15.4 Å². The van der Waals surface area contributed by atoms with E-state index in [2.05, 4.69) is 33.2 Å². The Morgan fingerprint density at radius 2 is 1.80 bits per heavy atom. The summed E-state index contributed by atoms with van der Waals surface area (Å²) in [4.78, 5) is 24.5. The van der Waals surface area contributed by atoms with E-state index in [4.69, 9.17) is 4.74 Å². The van der Waals surface area contributed by atoms with E-state index in [0.717, 1.165) is 14.7 Å². The van der Waals surface area contributed by atoms with E-state index in [9.17, 15) is 9.59 Å². The maximum atomic E-state index is 12.7. The fraction of sp³-hybridized carbons (Fsp3) is 0.158. The molecule has 6 heteroatoms. The van der Waals surface area contributed by atoms with Crippen molar-refractivity contribution in [3.63, 3.8) is 0 Å². The number of amides is 2. The molecule has 2 aromatic rings. The molecule has 0 spiro atoms. The standard InChI is InChI=1S/C19H17IN2O3/c1-12-16(18(23)25-11-14-9-5-6-10-15(14)20)17(22-19(24)21-12)13-7-3-2-4-8-13/h2-10,17H,11H2,1H3,(H2,21,22,24). The van der Waals surface area contributed by atoms with Crippen molar-refractivity contribution in [2.45, 2.75) is 19.6 Å². The minimum absolute atomic E-state index is 0.185. The number of benzene rings is 2. The minimum atomic E-state index is -0.530. The summed E-state index contributed by atoms with van der Waals surface area (Å²) in [6.45, 7) is 1.89. The van der Waals surface area contributed by atoms with E-state index in [1.165, 1.54) is 0 Å². The van der Waals surface area contributed by atoms with Crippen molar-refractivity contribution >= 4 is 34.6 Å². The van der Waals surface area contributed by atoms with Crippen LogP contribution in [0.5, 0.6) is 0 Å². The van der Waals surface area contributed by atoms with E-state index in [-0.39, 0.29) is 12.6 Å². The van der Waals surface area contributed by atoms with Gasteiger partial charge in [0.05, 0.1) is 11.6 Å². The molecule has 1 heterocycles. The average molecular weight is 448 g/mol. The number of ether oxygens (including phenoxy) is 1. The number of esters is 1. The highest BCUT2D eigenvalue weighted by molar-refractivity contribution is 14.1. The number of allylic oxidation sites excluding steroid dienone is 1. The SMILES string of the molecule is CC1=C(C(=O)OCc2ccccc2I)C(c2ccccc2)NC(=O)N1. The van der Waals surface area contributed by atoms with Crippen LogP contribution in [0.1, 0.15) is 24.1 Å². The van der Waals surface area contributed by atoms with Crippen LogP contribution in [0.2, 0.25) is 0 Å². The highest BCUT2D eigenvalue weighted by atomic mass is 127. The van der Waals surface area contributed by atoms with Crippen molar-refractivity contribution in [1.29, 1.82) is 0 Å². The highest BCUT2D eigenvalue weighted by Crippen LogP contribution is 2.27. The van der Waals surface area contributed by atoms with Crippen LogP contribution in [-0.4, -0.2) is 12.0 Å². The third-order valence-corrected chi connectivity index (χ3v) is 4.99. The van der Waals surface area contributed by atoms with Gasteiger partial charge in [0.25, 0.3) is 0 Å². The Labute approximate surface area is 159 Å². The summed E-state index contributed by atoms with van der Waals surface area (Å²) in [5.41, 5.74) is 2.69. The van der Waals surface area contributed by atoms with Crippen LogP contribution in [-0.2, 0) is 16.1 Å². The number of hydrogen-bond donors (Lipinski definition) is 2. The fourth-order valence-corrected chi connectivity index (χ4v) is 3.24. The molecule has 0 aromatic heterocycles. The molecule has 1 unspecified atom stereocenters. The van der Waals surface area contributed by atoms with Gasteiger partial charge in [0.2, 0.25) is 0 Å². The van der Waals surface area contributed by atoms with E-state index >= 15 is 0 Å². The lowest BCUT2D eigenvalue weighted by molar-refractivity contribution is -0.140. The highest BCUT2D eigenvalue weighted by Gasteiger charge is 2.32. The first-order valence-corrected chi connectivity index (χ1v) is 8.88. The molecule has 0 saturated heterocycles. The summed E-state index contributed by atoms with van der Waals surface area (Å²) in [5, 5.41) is 5.44. The Balaban J connectivity index is 1.84. The van der Waals surface area contributed by atoms with Crippen molar-refractivity contribution < 1.29 is 14.3 Å². The fourth-order valence-electron chi connectivity index (χ4n) is 2.70. The Morgan fingerprint density at radius 1 is 1.12 bits per heavy atom. The van der Waals surface area contributed by atoms with Crippen LogP contribution < -0.4 is 10.6 Å². The second kappa shape index (κ2) is 7.69. The number of carbonyl (C=O) groups is 2. The van der Waals surface area contributed by atoms with Crippen LogP contribution in [0.25, 0.3) is 0 Å². The van der Waals surface area contributed by atoms with Crippen LogP contribution in [0.4, 0.5) is 4.79 Å². The van der Waals surface area contributed by atoms with Gasteiger partial charge in [-0.15, -0.1) is 0 Å². The van der Waals surface area contributed by atoms with Gasteiger partial charge >= 0.3 is 12.0 Å². The van der Waals surface area contributed by atoms with Crippen LogP contribution >= 0.6 is 22.6 Å². The number of rotatable bonds is 4. The number of hydrogen-bond acceptors (Lipinski definition) is 3. The molecule has 0 radical (unpaired) electrons. The molecule has 0 fully saturated rings. The van der Waals surface area contributed by atoms with E-state index in [1.54, 1.807) is 6.92 Å². The van der Waals surface area contributed by atoms with Crippen molar-refractivity contribution in [1.82, 2.24) is 10.6 Å². The molecule has 0 bridgehead atoms. The predicted octanol–water partition coefficient (Wildman–Crippen LogP) is 3.66. The van der Waals surface area contributed by atoms with Gasteiger partial charge in [-0.25, -0.2) is 9.59 Å². The molecule has 2 N–H and O–H groups in total. The Kier molecular flexibility index (Phi) is 5.37. The van der Waals surface area contributed by atoms with Crippen LogP contribution in [0, 0.1) is 3.57 Å². The molecular formula is C19H17IN2O3. The van der Waals surface area contributed by atoms with Gasteiger partial charge in [0.15, 0.2) is 0 Å². The summed E-state index contributed by atoms with van der Waals surface area (Å²) in [6.07, 6.45) is 0. The minimum Gasteiger partial charge on any atom is -0.457 e. The second-order valence-electron chi connectivity index (χ2n) is 5.65. The van der Waals surface area contributed by atoms with E-state index < -0.39 is 12.0 Å². The zero-order valence-electron chi connectivity index (χ0n) is 13.6. The Bertz CT molecular complexity index is 834. The quantitative estimate of drug-likeness (QED) is 0.555. The first-order chi connectivity index (χ1) is 12.1. The Morgan fingerprint density at radius 3 is 2.52 bits per heavy atom. The zero-order chi connectivity index (χ0) is 17.8. The molecule has 2 amide bonds. The molecule has 128 valence electrons. The Hall–Kier alpha value is -2.35. The average Bonchev–Trinajstić information content (AvgIpc) is 2.61. The van der Waals surface area contributed by atoms with Crippen molar-refractivity contribution in [3.8, 4) is 0 Å². The lowest BCUT2D eigenvalue weighted by atomic mass is 9.96. The molecule has 1 atom stereocenters. The van der Waals surface area contributed by atoms with Gasteiger partial charge in [-0.3, -0.25) is 0 Å². The van der Waals surface area contributed by atoms with Gasteiger partial charge in [-0.2, -0.15) is 0 Å². The molecule has 3 rings (SSSR count). The number of halogens is 1. The molecular weight excluding hydrogens is 431 g/mol.